The molecule has 0 spiro atoms. The van der Waals surface area contributed by atoms with E-state index in [1.54, 1.807) is 0 Å². The van der Waals surface area contributed by atoms with Crippen LogP contribution in [0.4, 0.5) is 4.39 Å². The summed E-state index contributed by atoms with van der Waals surface area (Å²) < 4.78 is 12.4. The molecule has 1 aliphatic rings. The van der Waals surface area contributed by atoms with Gasteiger partial charge in [0, 0.05) is 0 Å². The lowest BCUT2D eigenvalue weighted by Crippen LogP contribution is -2.11. The molecule has 48 valence electrons. The summed E-state index contributed by atoms with van der Waals surface area (Å²) >= 11 is 0. The van der Waals surface area contributed by atoms with Crippen molar-refractivity contribution in [1.82, 2.24) is 0 Å². The van der Waals surface area contributed by atoms with Crippen LogP contribution in [0.15, 0.2) is 0 Å². The summed E-state index contributed by atoms with van der Waals surface area (Å²) in [6, 6.07) is 0. The van der Waals surface area contributed by atoms with E-state index in [2.05, 4.69) is 6.92 Å². The average Bonchev–Trinajstić information content (AvgIpc) is 1.77. The van der Waals surface area contributed by atoms with E-state index in [0.29, 0.717) is 0 Å². The van der Waals surface area contributed by atoms with Crippen LogP contribution in [0.5, 0.6) is 0 Å². The monoisotopic (exact) mass is 116 g/mol. The van der Waals surface area contributed by atoms with Gasteiger partial charge in [0.2, 0.25) is 0 Å². The molecule has 1 rings (SSSR count). The van der Waals surface area contributed by atoms with Gasteiger partial charge in [0.25, 0.3) is 0 Å². The molecule has 0 aliphatic heterocycles. The Balaban J connectivity index is 2.19. The largest absolute Gasteiger partial charge is 0.247 e. The van der Waals surface area contributed by atoms with Crippen LogP contribution in [0.1, 0.15) is 32.6 Å². The molecule has 0 aromatic carbocycles. The van der Waals surface area contributed by atoms with Gasteiger partial charge in [-0.2, -0.15) is 0 Å². The minimum absolute atomic E-state index is 0.480. The van der Waals surface area contributed by atoms with Crippen LogP contribution in [-0.2, 0) is 0 Å². The molecular formula is C7H13F. The molecule has 0 atom stereocenters. The number of hydrogen-bond acceptors (Lipinski definition) is 0. The first-order valence-corrected chi connectivity index (χ1v) is 3.43. The molecule has 0 nitrogen and oxygen atoms in total. The molecule has 0 N–H and O–H groups in total. The number of hydrogen-bond donors (Lipinski definition) is 0. The molecule has 0 saturated heterocycles. The van der Waals surface area contributed by atoms with Gasteiger partial charge < -0.3 is 0 Å². The van der Waals surface area contributed by atoms with Crippen LogP contribution < -0.4 is 0 Å². The zero-order valence-corrected chi connectivity index (χ0v) is 5.36. The average molecular weight is 116 g/mol. The summed E-state index contributed by atoms with van der Waals surface area (Å²) in [5.74, 6) is 0.780. The molecule has 1 heteroatoms. The van der Waals surface area contributed by atoms with Gasteiger partial charge >= 0.3 is 0 Å². The zero-order chi connectivity index (χ0) is 5.98. The van der Waals surface area contributed by atoms with Gasteiger partial charge in [-0.25, -0.2) is 4.39 Å². The maximum atomic E-state index is 12.4. The first-order chi connectivity index (χ1) is 3.79. The van der Waals surface area contributed by atoms with Crippen LogP contribution in [0.25, 0.3) is 0 Å². The lowest BCUT2D eigenvalue weighted by molar-refractivity contribution is 0.215. The van der Waals surface area contributed by atoms with Crippen molar-refractivity contribution in [3.05, 3.63) is 0 Å². The summed E-state index contributed by atoms with van der Waals surface area (Å²) in [5.41, 5.74) is 0. The molecule has 0 unspecified atom stereocenters. The standard InChI is InChI=1S/C7H13F/c1-6-2-4-7(8)5-3-6/h6-7H,2-5H2,1H3. The van der Waals surface area contributed by atoms with E-state index in [9.17, 15) is 4.39 Å². The van der Waals surface area contributed by atoms with Gasteiger partial charge in [0.1, 0.15) is 6.17 Å². The molecule has 0 radical (unpaired) electrons. The van der Waals surface area contributed by atoms with E-state index in [-0.39, 0.29) is 0 Å². The second kappa shape index (κ2) is 2.47. The van der Waals surface area contributed by atoms with Crippen LogP contribution in [0.3, 0.4) is 0 Å². The second-order valence-corrected chi connectivity index (χ2v) is 2.86. The Labute approximate surface area is 50.1 Å². The highest BCUT2D eigenvalue weighted by molar-refractivity contribution is 4.67. The molecule has 1 fully saturated rings. The third kappa shape index (κ3) is 1.46. The number of alkyl halides is 1. The van der Waals surface area contributed by atoms with Crippen molar-refractivity contribution in [2.24, 2.45) is 5.92 Å². The van der Waals surface area contributed by atoms with Crippen molar-refractivity contribution < 1.29 is 4.39 Å². The van der Waals surface area contributed by atoms with Crippen molar-refractivity contribution in [3.63, 3.8) is 0 Å². The molecule has 0 heterocycles. The predicted octanol–water partition coefficient (Wildman–Crippen LogP) is 2.53. The summed E-state index contributed by atoms with van der Waals surface area (Å²) in [4.78, 5) is 0. The van der Waals surface area contributed by atoms with Crippen LogP contribution in [0.2, 0.25) is 0 Å². The topological polar surface area (TPSA) is 0 Å². The quantitative estimate of drug-likeness (QED) is 0.456. The fourth-order valence-corrected chi connectivity index (χ4v) is 1.22. The predicted molar refractivity (Wildman–Crippen MR) is 32.5 cm³/mol. The SMILES string of the molecule is CC1CCC(F)CC1. The van der Waals surface area contributed by atoms with Gasteiger partial charge in [0.05, 0.1) is 0 Å². The van der Waals surface area contributed by atoms with Crippen LogP contribution in [-0.4, -0.2) is 6.17 Å². The van der Waals surface area contributed by atoms with Crippen LogP contribution >= 0.6 is 0 Å². The zero-order valence-electron chi connectivity index (χ0n) is 5.36. The molecule has 1 saturated carbocycles. The second-order valence-electron chi connectivity index (χ2n) is 2.86. The Hall–Kier alpha value is -0.0700. The maximum absolute atomic E-state index is 12.4. The van der Waals surface area contributed by atoms with E-state index in [4.69, 9.17) is 0 Å². The fourth-order valence-electron chi connectivity index (χ4n) is 1.22. The Morgan fingerprint density at radius 1 is 1.12 bits per heavy atom. The smallest absolute Gasteiger partial charge is 0.100 e. The van der Waals surface area contributed by atoms with Gasteiger partial charge in [-0.05, 0) is 31.6 Å². The normalized spacial score (nSPS) is 39.8. The van der Waals surface area contributed by atoms with Crippen molar-refractivity contribution in [1.29, 1.82) is 0 Å². The third-order valence-corrected chi connectivity index (χ3v) is 1.95. The van der Waals surface area contributed by atoms with Crippen LogP contribution in [0, 0.1) is 5.92 Å². The molecule has 0 aromatic rings. The van der Waals surface area contributed by atoms with Gasteiger partial charge in [-0.3, -0.25) is 0 Å². The Morgan fingerprint density at radius 3 is 2.00 bits per heavy atom. The first kappa shape index (κ1) is 6.06. The van der Waals surface area contributed by atoms with E-state index in [1.807, 2.05) is 0 Å². The summed E-state index contributed by atoms with van der Waals surface area (Å²) in [7, 11) is 0. The number of halogens is 1. The summed E-state index contributed by atoms with van der Waals surface area (Å²) in [6.45, 7) is 2.20. The van der Waals surface area contributed by atoms with E-state index >= 15 is 0 Å². The summed E-state index contributed by atoms with van der Waals surface area (Å²) in [6.07, 6.45) is 3.33. The summed E-state index contributed by atoms with van der Waals surface area (Å²) in [5, 5.41) is 0. The van der Waals surface area contributed by atoms with Crippen molar-refractivity contribution in [2.75, 3.05) is 0 Å². The van der Waals surface area contributed by atoms with E-state index < -0.39 is 6.17 Å². The van der Waals surface area contributed by atoms with Crippen molar-refractivity contribution >= 4 is 0 Å². The van der Waals surface area contributed by atoms with Crippen molar-refractivity contribution in [3.8, 4) is 0 Å². The molecule has 8 heavy (non-hydrogen) atoms. The Bertz CT molecular complexity index is 52.8. The highest BCUT2D eigenvalue weighted by atomic mass is 19.1. The van der Waals surface area contributed by atoms with Gasteiger partial charge in [-0.15, -0.1) is 0 Å². The Kier molecular flexibility index (Phi) is 1.87. The number of rotatable bonds is 0. The van der Waals surface area contributed by atoms with Gasteiger partial charge in [0.15, 0.2) is 0 Å². The Morgan fingerprint density at radius 2 is 1.62 bits per heavy atom. The fraction of sp³-hybridized carbons (Fsp3) is 1.00. The molecule has 0 aromatic heterocycles. The molecule has 0 bridgehead atoms. The van der Waals surface area contributed by atoms with E-state index in [1.165, 1.54) is 0 Å². The first-order valence-electron chi connectivity index (χ1n) is 3.43. The van der Waals surface area contributed by atoms with E-state index in [0.717, 1.165) is 31.6 Å². The van der Waals surface area contributed by atoms with Gasteiger partial charge in [-0.1, -0.05) is 6.92 Å². The lowest BCUT2D eigenvalue weighted by Gasteiger charge is -2.19. The molecule has 1 aliphatic carbocycles. The third-order valence-electron chi connectivity index (χ3n) is 1.95. The minimum atomic E-state index is -0.480. The molecular weight excluding hydrogens is 103 g/mol. The lowest BCUT2D eigenvalue weighted by atomic mass is 9.90. The molecule has 0 amide bonds. The minimum Gasteiger partial charge on any atom is -0.247 e. The highest BCUT2D eigenvalue weighted by Gasteiger charge is 2.16. The highest BCUT2D eigenvalue weighted by Crippen LogP contribution is 2.24. The maximum Gasteiger partial charge on any atom is 0.100 e. The van der Waals surface area contributed by atoms with Crippen molar-refractivity contribution in [2.45, 2.75) is 38.8 Å².